The van der Waals surface area contributed by atoms with Crippen molar-refractivity contribution in [1.29, 1.82) is 0 Å². The number of rotatable bonds is 5. The minimum atomic E-state index is 0.192. The highest BCUT2D eigenvalue weighted by atomic mass is 16.5. The molecule has 1 saturated carbocycles. The molecule has 2 rings (SSSR count). The Morgan fingerprint density at radius 3 is 2.65 bits per heavy atom. The van der Waals surface area contributed by atoms with Gasteiger partial charge in [0.15, 0.2) is 5.69 Å². The number of aromatic nitrogens is 2. The van der Waals surface area contributed by atoms with Crippen LogP contribution >= 0.6 is 0 Å². The lowest BCUT2D eigenvalue weighted by molar-refractivity contribution is 0.0967. The summed E-state index contributed by atoms with van der Waals surface area (Å²) in [7, 11) is 0. The molecular formula is C15H25N3O2. The van der Waals surface area contributed by atoms with Gasteiger partial charge in [-0.15, -0.1) is 0 Å². The van der Waals surface area contributed by atoms with Gasteiger partial charge < -0.3 is 15.2 Å². The molecule has 1 aliphatic carbocycles. The summed E-state index contributed by atoms with van der Waals surface area (Å²) in [5.41, 5.74) is 6.44. The fourth-order valence-corrected chi connectivity index (χ4v) is 2.54. The van der Waals surface area contributed by atoms with E-state index in [1.807, 2.05) is 6.92 Å². The van der Waals surface area contributed by atoms with Gasteiger partial charge in [-0.05, 0) is 37.5 Å². The van der Waals surface area contributed by atoms with E-state index in [2.05, 4.69) is 23.8 Å². The van der Waals surface area contributed by atoms with Crippen LogP contribution in [0.5, 0.6) is 11.8 Å². The largest absolute Gasteiger partial charge is 0.476 e. The normalized spacial score (nSPS) is 26.2. The van der Waals surface area contributed by atoms with Crippen LogP contribution in [0.1, 0.15) is 46.5 Å². The van der Waals surface area contributed by atoms with Crippen LogP contribution in [0.15, 0.2) is 6.33 Å². The van der Waals surface area contributed by atoms with Crippen LogP contribution in [-0.2, 0) is 0 Å². The SMILES string of the molecule is CCCOc1ncnc(OC2CCC(C)C(C)C2)c1N. The van der Waals surface area contributed by atoms with E-state index in [9.17, 15) is 0 Å². The van der Waals surface area contributed by atoms with Crippen LogP contribution in [0.3, 0.4) is 0 Å². The molecule has 1 heterocycles. The molecule has 3 atom stereocenters. The Bertz CT molecular complexity index is 439. The van der Waals surface area contributed by atoms with E-state index >= 15 is 0 Å². The lowest BCUT2D eigenvalue weighted by Gasteiger charge is -2.32. The Kier molecular flexibility index (Phi) is 5.04. The molecular weight excluding hydrogens is 254 g/mol. The van der Waals surface area contributed by atoms with Gasteiger partial charge in [0.1, 0.15) is 12.4 Å². The summed E-state index contributed by atoms with van der Waals surface area (Å²) < 4.78 is 11.5. The summed E-state index contributed by atoms with van der Waals surface area (Å²) in [4.78, 5) is 8.21. The number of nitrogens with two attached hydrogens (primary N) is 1. The molecule has 0 aliphatic heterocycles. The molecule has 3 unspecified atom stereocenters. The van der Waals surface area contributed by atoms with E-state index in [0.29, 0.717) is 30.0 Å². The average molecular weight is 279 g/mol. The second-order valence-corrected chi connectivity index (χ2v) is 5.75. The quantitative estimate of drug-likeness (QED) is 0.897. The molecule has 0 spiro atoms. The lowest BCUT2D eigenvalue weighted by atomic mass is 9.80. The number of nitrogen functional groups attached to an aromatic ring is 1. The smallest absolute Gasteiger partial charge is 0.244 e. The Morgan fingerprint density at radius 2 is 1.95 bits per heavy atom. The van der Waals surface area contributed by atoms with Gasteiger partial charge in [0.05, 0.1) is 6.61 Å². The van der Waals surface area contributed by atoms with Crippen LogP contribution in [0, 0.1) is 11.8 Å². The van der Waals surface area contributed by atoms with Gasteiger partial charge >= 0.3 is 0 Å². The first-order valence-electron chi connectivity index (χ1n) is 7.51. The molecule has 112 valence electrons. The third-order valence-electron chi connectivity index (χ3n) is 4.08. The summed E-state index contributed by atoms with van der Waals surface area (Å²) in [6, 6.07) is 0. The molecule has 2 N–H and O–H groups in total. The molecule has 0 saturated heterocycles. The van der Waals surface area contributed by atoms with E-state index in [0.717, 1.165) is 25.2 Å². The van der Waals surface area contributed by atoms with E-state index in [-0.39, 0.29) is 6.10 Å². The first kappa shape index (κ1) is 14.9. The highest BCUT2D eigenvalue weighted by molar-refractivity contribution is 5.55. The summed E-state index contributed by atoms with van der Waals surface area (Å²) in [5, 5.41) is 0. The maximum atomic E-state index is 6.03. The van der Waals surface area contributed by atoms with Crippen molar-refractivity contribution < 1.29 is 9.47 Å². The van der Waals surface area contributed by atoms with Gasteiger partial charge in [-0.1, -0.05) is 20.8 Å². The van der Waals surface area contributed by atoms with Crippen molar-refractivity contribution in [2.45, 2.75) is 52.6 Å². The first-order chi connectivity index (χ1) is 9.61. The number of hydrogen-bond donors (Lipinski definition) is 1. The minimum Gasteiger partial charge on any atom is -0.476 e. The lowest BCUT2D eigenvalue weighted by Crippen LogP contribution is -2.29. The molecule has 5 heteroatoms. The third-order valence-corrected chi connectivity index (χ3v) is 4.08. The minimum absolute atomic E-state index is 0.192. The molecule has 0 amide bonds. The topological polar surface area (TPSA) is 70.3 Å². The maximum absolute atomic E-state index is 6.03. The average Bonchev–Trinajstić information content (AvgIpc) is 2.44. The Morgan fingerprint density at radius 1 is 1.20 bits per heavy atom. The summed E-state index contributed by atoms with van der Waals surface area (Å²) >= 11 is 0. The highest BCUT2D eigenvalue weighted by Gasteiger charge is 2.27. The predicted molar refractivity (Wildman–Crippen MR) is 78.8 cm³/mol. The molecule has 1 aromatic heterocycles. The molecule has 1 aromatic rings. The van der Waals surface area contributed by atoms with Gasteiger partial charge in [0.25, 0.3) is 0 Å². The van der Waals surface area contributed by atoms with Crippen molar-refractivity contribution in [1.82, 2.24) is 9.97 Å². The Hall–Kier alpha value is -1.52. The summed E-state index contributed by atoms with van der Waals surface area (Å²) in [5.74, 6) is 2.32. The molecule has 0 aromatic carbocycles. The second kappa shape index (κ2) is 6.77. The number of nitrogens with zero attached hydrogens (tertiary/aromatic N) is 2. The molecule has 1 aliphatic rings. The van der Waals surface area contributed by atoms with Crippen molar-refractivity contribution in [3.8, 4) is 11.8 Å². The zero-order valence-corrected chi connectivity index (χ0v) is 12.6. The van der Waals surface area contributed by atoms with Crippen molar-refractivity contribution >= 4 is 5.69 Å². The molecule has 5 nitrogen and oxygen atoms in total. The zero-order chi connectivity index (χ0) is 14.5. The van der Waals surface area contributed by atoms with E-state index < -0.39 is 0 Å². The number of ether oxygens (including phenoxy) is 2. The van der Waals surface area contributed by atoms with Crippen LogP contribution in [0.4, 0.5) is 5.69 Å². The maximum Gasteiger partial charge on any atom is 0.244 e. The van der Waals surface area contributed by atoms with Crippen LogP contribution in [-0.4, -0.2) is 22.7 Å². The van der Waals surface area contributed by atoms with Crippen molar-refractivity contribution in [3.05, 3.63) is 6.33 Å². The van der Waals surface area contributed by atoms with Crippen LogP contribution in [0.2, 0.25) is 0 Å². The molecule has 0 radical (unpaired) electrons. The Balaban J connectivity index is 2.02. The molecule has 1 fully saturated rings. The van der Waals surface area contributed by atoms with Gasteiger partial charge in [-0.3, -0.25) is 0 Å². The fourth-order valence-electron chi connectivity index (χ4n) is 2.54. The number of anilines is 1. The van der Waals surface area contributed by atoms with Gasteiger partial charge in [0.2, 0.25) is 11.8 Å². The summed E-state index contributed by atoms with van der Waals surface area (Å²) in [6.07, 6.45) is 5.85. The first-order valence-corrected chi connectivity index (χ1v) is 7.51. The van der Waals surface area contributed by atoms with Gasteiger partial charge in [0, 0.05) is 0 Å². The van der Waals surface area contributed by atoms with Crippen molar-refractivity contribution in [2.75, 3.05) is 12.3 Å². The molecule has 20 heavy (non-hydrogen) atoms. The predicted octanol–water partition coefficient (Wildman–Crippen LogP) is 3.05. The van der Waals surface area contributed by atoms with Crippen LogP contribution < -0.4 is 15.2 Å². The van der Waals surface area contributed by atoms with Gasteiger partial charge in [-0.25, -0.2) is 0 Å². The van der Waals surface area contributed by atoms with Gasteiger partial charge in [-0.2, -0.15) is 9.97 Å². The standard InChI is InChI=1S/C15H25N3O2/c1-4-7-19-14-13(16)15(18-9-17-14)20-12-6-5-10(2)11(3)8-12/h9-12H,4-8,16H2,1-3H3. The second-order valence-electron chi connectivity index (χ2n) is 5.75. The Labute approximate surface area is 120 Å². The zero-order valence-electron chi connectivity index (χ0n) is 12.6. The van der Waals surface area contributed by atoms with E-state index in [1.165, 1.54) is 12.7 Å². The highest BCUT2D eigenvalue weighted by Crippen LogP contribution is 2.34. The van der Waals surface area contributed by atoms with Crippen molar-refractivity contribution in [2.24, 2.45) is 11.8 Å². The van der Waals surface area contributed by atoms with E-state index in [1.54, 1.807) is 0 Å². The van der Waals surface area contributed by atoms with Crippen molar-refractivity contribution in [3.63, 3.8) is 0 Å². The fraction of sp³-hybridized carbons (Fsp3) is 0.733. The monoisotopic (exact) mass is 279 g/mol. The van der Waals surface area contributed by atoms with Crippen LogP contribution in [0.25, 0.3) is 0 Å². The van der Waals surface area contributed by atoms with E-state index in [4.69, 9.17) is 15.2 Å². The third kappa shape index (κ3) is 3.52. The molecule has 0 bridgehead atoms. The number of hydrogen-bond acceptors (Lipinski definition) is 5. The summed E-state index contributed by atoms with van der Waals surface area (Å²) in [6.45, 7) is 7.22.